The number of carbonyl (C=O) groups excluding carboxylic acids is 2. The van der Waals surface area contributed by atoms with Gasteiger partial charge in [0.2, 0.25) is 5.91 Å². The van der Waals surface area contributed by atoms with Gasteiger partial charge in [-0.15, -0.1) is 11.3 Å². The van der Waals surface area contributed by atoms with Crippen molar-refractivity contribution in [2.45, 2.75) is 25.4 Å². The lowest BCUT2D eigenvalue weighted by molar-refractivity contribution is -0.122. The molecule has 1 aromatic heterocycles. The molecule has 5 nitrogen and oxygen atoms in total. The number of nitrogens with one attached hydrogen (secondary N) is 2. The molecule has 0 unspecified atom stereocenters. The van der Waals surface area contributed by atoms with Crippen molar-refractivity contribution in [1.29, 1.82) is 0 Å². The lowest BCUT2D eigenvalue weighted by Crippen LogP contribution is -2.37. The SMILES string of the molecule is Cc1ccc([C@@H](NC(=O)C[C@H](NC(N)=O)c2ccccc2)c2cccs2)cc1. The van der Waals surface area contributed by atoms with E-state index in [0.717, 1.165) is 21.6 Å². The van der Waals surface area contributed by atoms with Crippen molar-refractivity contribution in [3.63, 3.8) is 0 Å². The van der Waals surface area contributed by atoms with E-state index in [9.17, 15) is 9.59 Å². The van der Waals surface area contributed by atoms with Crippen LogP contribution in [0.1, 0.15) is 40.1 Å². The maximum atomic E-state index is 12.9. The van der Waals surface area contributed by atoms with Gasteiger partial charge in [0, 0.05) is 4.88 Å². The van der Waals surface area contributed by atoms with E-state index < -0.39 is 12.1 Å². The van der Waals surface area contributed by atoms with Gasteiger partial charge in [0.25, 0.3) is 0 Å². The zero-order valence-corrected chi connectivity index (χ0v) is 16.4. The molecule has 0 saturated heterocycles. The second-order valence-corrected chi connectivity index (χ2v) is 7.58. The van der Waals surface area contributed by atoms with Crippen molar-refractivity contribution in [1.82, 2.24) is 10.6 Å². The van der Waals surface area contributed by atoms with Gasteiger partial charge in [0.05, 0.1) is 18.5 Å². The second kappa shape index (κ2) is 9.19. The van der Waals surface area contributed by atoms with Crippen LogP contribution in [-0.2, 0) is 4.79 Å². The number of aryl methyl sites for hydroxylation is 1. The summed E-state index contributed by atoms with van der Waals surface area (Å²) in [5.74, 6) is -0.165. The summed E-state index contributed by atoms with van der Waals surface area (Å²) >= 11 is 1.59. The zero-order chi connectivity index (χ0) is 19.9. The minimum Gasteiger partial charge on any atom is -0.352 e. The van der Waals surface area contributed by atoms with E-state index in [2.05, 4.69) is 10.6 Å². The first-order valence-electron chi connectivity index (χ1n) is 9.03. The summed E-state index contributed by atoms with van der Waals surface area (Å²) in [4.78, 5) is 25.3. The van der Waals surface area contributed by atoms with Gasteiger partial charge in [-0.2, -0.15) is 0 Å². The third kappa shape index (κ3) is 5.20. The lowest BCUT2D eigenvalue weighted by Gasteiger charge is -2.22. The van der Waals surface area contributed by atoms with E-state index in [4.69, 9.17) is 5.73 Å². The normalized spacial score (nSPS) is 12.8. The molecule has 0 radical (unpaired) electrons. The highest BCUT2D eigenvalue weighted by atomic mass is 32.1. The molecular formula is C22H23N3O2S. The van der Waals surface area contributed by atoms with Crippen LogP contribution in [0, 0.1) is 6.92 Å². The van der Waals surface area contributed by atoms with E-state index in [-0.39, 0.29) is 18.4 Å². The molecule has 2 aromatic carbocycles. The topological polar surface area (TPSA) is 84.2 Å². The maximum absolute atomic E-state index is 12.9. The number of urea groups is 1. The van der Waals surface area contributed by atoms with E-state index in [1.807, 2.05) is 79.0 Å². The average Bonchev–Trinajstić information content (AvgIpc) is 3.21. The monoisotopic (exact) mass is 393 g/mol. The van der Waals surface area contributed by atoms with E-state index in [1.165, 1.54) is 0 Å². The molecular weight excluding hydrogens is 370 g/mol. The first kappa shape index (κ1) is 19.6. The maximum Gasteiger partial charge on any atom is 0.312 e. The molecule has 0 spiro atoms. The molecule has 0 aliphatic rings. The molecule has 6 heteroatoms. The molecule has 2 atom stereocenters. The summed E-state index contributed by atoms with van der Waals surface area (Å²) in [6.45, 7) is 2.03. The molecule has 0 aliphatic carbocycles. The van der Waals surface area contributed by atoms with Crippen LogP contribution in [0.3, 0.4) is 0 Å². The number of nitrogens with two attached hydrogens (primary N) is 1. The predicted octanol–water partition coefficient (Wildman–Crippen LogP) is 4.06. The highest BCUT2D eigenvalue weighted by Gasteiger charge is 2.22. The van der Waals surface area contributed by atoms with Gasteiger partial charge in [0.15, 0.2) is 0 Å². The number of carbonyl (C=O) groups is 2. The highest BCUT2D eigenvalue weighted by Crippen LogP contribution is 2.27. The van der Waals surface area contributed by atoms with Crippen molar-refractivity contribution < 1.29 is 9.59 Å². The Morgan fingerprint density at radius 1 is 0.929 bits per heavy atom. The number of benzene rings is 2. The van der Waals surface area contributed by atoms with Crippen LogP contribution in [0.5, 0.6) is 0 Å². The van der Waals surface area contributed by atoms with Crippen molar-refractivity contribution in [2.24, 2.45) is 5.73 Å². The Labute approximate surface area is 168 Å². The van der Waals surface area contributed by atoms with Gasteiger partial charge in [-0.05, 0) is 29.5 Å². The molecule has 0 aliphatic heterocycles. The van der Waals surface area contributed by atoms with Crippen LogP contribution in [0.4, 0.5) is 4.79 Å². The summed E-state index contributed by atoms with van der Waals surface area (Å²) < 4.78 is 0. The summed E-state index contributed by atoms with van der Waals surface area (Å²) in [6.07, 6.45) is 0.0979. The van der Waals surface area contributed by atoms with Crippen LogP contribution in [0.15, 0.2) is 72.1 Å². The number of rotatable bonds is 7. The molecule has 28 heavy (non-hydrogen) atoms. The quantitative estimate of drug-likeness (QED) is 0.565. The Kier molecular flexibility index (Phi) is 6.45. The minimum atomic E-state index is -0.657. The fourth-order valence-corrected chi connectivity index (χ4v) is 3.85. The average molecular weight is 394 g/mol. The summed E-state index contributed by atoms with van der Waals surface area (Å²) in [5.41, 5.74) is 8.32. The molecule has 0 bridgehead atoms. The molecule has 3 rings (SSSR count). The lowest BCUT2D eigenvalue weighted by atomic mass is 10.0. The van der Waals surface area contributed by atoms with Crippen molar-refractivity contribution >= 4 is 23.3 Å². The van der Waals surface area contributed by atoms with Gasteiger partial charge in [0.1, 0.15) is 0 Å². The zero-order valence-electron chi connectivity index (χ0n) is 15.6. The predicted molar refractivity (Wildman–Crippen MR) is 112 cm³/mol. The first-order valence-corrected chi connectivity index (χ1v) is 9.91. The third-order valence-electron chi connectivity index (χ3n) is 4.45. The number of hydrogen-bond acceptors (Lipinski definition) is 3. The van der Waals surface area contributed by atoms with Crippen LogP contribution >= 0.6 is 11.3 Å². The molecule has 0 fully saturated rings. The van der Waals surface area contributed by atoms with Crippen LogP contribution in [-0.4, -0.2) is 11.9 Å². The van der Waals surface area contributed by atoms with E-state index >= 15 is 0 Å². The van der Waals surface area contributed by atoms with E-state index in [0.29, 0.717) is 0 Å². The van der Waals surface area contributed by atoms with Gasteiger partial charge in [-0.3, -0.25) is 4.79 Å². The van der Waals surface area contributed by atoms with Gasteiger partial charge in [-0.1, -0.05) is 66.2 Å². The summed E-state index contributed by atoms with van der Waals surface area (Å²) in [7, 11) is 0. The Hall–Kier alpha value is -3.12. The summed E-state index contributed by atoms with van der Waals surface area (Å²) in [6, 6.07) is 20.0. The smallest absolute Gasteiger partial charge is 0.312 e. The molecule has 4 N–H and O–H groups in total. The van der Waals surface area contributed by atoms with Crippen LogP contribution in [0.25, 0.3) is 0 Å². The minimum absolute atomic E-state index is 0.0979. The van der Waals surface area contributed by atoms with Gasteiger partial charge in [-0.25, -0.2) is 4.79 Å². The van der Waals surface area contributed by atoms with Crippen LogP contribution < -0.4 is 16.4 Å². The summed E-state index contributed by atoms with van der Waals surface area (Å²) in [5, 5.41) is 7.76. The Morgan fingerprint density at radius 3 is 2.25 bits per heavy atom. The Bertz CT molecular complexity index is 909. The fourth-order valence-electron chi connectivity index (χ4n) is 3.05. The number of hydrogen-bond donors (Lipinski definition) is 3. The number of amides is 3. The molecule has 1 heterocycles. The molecule has 3 amide bonds. The highest BCUT2D eigenvalue weighted by molar-refractivity contribution is 7.10. The fraction of sp³-hybridized carbons (Fsp3) is 0.182. The van der Waals surface area contributed by atoms with Crippen molar-refractivity contribution in [3.05, 3.63) is 93.7 Å². The van der Waals surface area contributed by atoms with Gasteiger partial charge < -0.3 is 16.4 Å². The van der Waals surface area contributed by atoms with Crippen molar-refractivity contribution in [3.8, 4) is 0 Å². The molecule has 3 aromatic rings. The Morgan fingerprint density at radius 2 is 1.64 bits per heavy atom. The van der Waals surface area contributed by atoms with E-state index in [1.54, 1.807) is 11.3 Å². The standard InChI is InChI=1S/C22H23N3O2S/c1-15-9-11-17(12-10-15)21(19-8-5-13-28-19)25-20(26)14-18(24-22(23)27)16-6-3-2-4-7-16/h2-13,18,21H,14H2,1H3,(H,25,26)(H3,23,24,27)/t18-,21+/m0/s1. The van der Waals surface area contributed by atoms with Gasteiger partial charge >= 0.3 is 6.03 Å². The molecule has 0 saturated carbocycles. The second-order valence-electron chi connectivity index (χ2n) is 6.60. The van der Waals surface area contributed by atoms with Crippen molar-refractivity contribution in [2.75, 3.05) is 0 Å². The number of thiophene rings is 1. The van der Waals surface area contributed by atoms with Crippen LogP contribution in [0.2, 0.25) is 0 Å². The first-order chi connectivity index (χ1) is 13.5. The number of primary amides is 1. The molecule has 144 valence electrons. The Balaban J connectivity index is 1.79. The third-order valence-corrected chi connectivity index (χ3v) is 5.39. The largest absolute Gasteiger partial charge is 0.352 e.